The number of benzene rings is 2. The fraction of sp³-hybridized carbons (Fsp3) is 0.582. The molecular weight excluding hydrogens is 1050 g/mol. The number of aryl methyl sites for hydroxylation is 2. The predicted octanol–water partition coefficient (Wildman–Crippen LogP) is 5.20. The molecule has 2 saturated heterocycles. The van der Waals surface area contributed by atoms with Crippen LogP contribution in [0.3, 0.4) is 0 Å². The van der Waals surface area contributed by atoms with Crippen LogP contribution >= 0.6 is 35.1 Å². The number of hydrogen-bond acceptors (Lipinski definition) is 16. The summed E-state index contributed by atoms with van der Waals surface area (Å²) in [7, 11) is 0. The van der Waals surface area contributed by atoms with E-state index in [0.717, 1.165) is 56.4 Å². The van der Waals surface area contributed by atoms with E-state index in [1.165, 1.54) is 9.80 Å². The Labute approximate surface area is 467 Å². The van der Waals surface area contributed by atoms with Gasteiger partial charge in [-0.2, -0.15) is 0 Å². The predicted molar refractivity (Wildman–Crippen MR) is 300 cm³/mol. The van der Waals surface area contributed by atoms with E-state index in [0.29, 0.717) is 39.6 Å². The van der Waals surface area contributed by atoms with Gasteiger partial charge in [0.1, 0.15) is 24.7 Å². The molecule has 7 N–H and O–H groups in total. The summed E-state index contributed by atoms with van der Waals surface area (Å²) >= 11 is 3.18. The standard InChI is InChI=1S/C33H50N4O8S.C22H30N4O3S.ClH/c1-6-11-42-12-13-43-14-15-44-16-17-45-21-28(39)36-30(33(3,4)5)32(41)37-20-26(38)18-27(37)31(40)34-19-24-7-9-25(10-8-24)29-23(2)35-22-46-29;1-13-18(30-12-25-13)15-7-5-14(6-8-15)10-24-20(28)17-9-16(27)11-26(17)21(29)19(23)22(2,3)4;/h7-10,22,26-27,30,38H,6,11-21H2,1-5H3,(H,34,40)(H,36,39);5-8,12,16-17,19,27H,9-11,23H2,1-4H3,(H,24,28);1H/t26-,27+,30-;16-,17+,19-;/m11./s1. The number of thiazole rings is 2. The fourth-order valence-corrected chi connectivity index (χ4v) is 10.1. The molecule has 2 fully saturated rings. The molecule has 5 amide bonds. The molecule has 0 unspecified atom stereocenters. The first-order valence-electron chi connectivity index (χ1n) is 26.0. The Hall–Kier alpha value is -4.94. The zero-order valence-corrected chi connectivity index (χ0v) is 48.5. The van der Waals surface area contributed by atoms with Crippen LogP contribution in [0.4, 0.5) is 0 Å². The number of nitrogens with two attached hydrogens (primary N) is 1. The first kappa shape index (κ1) is 64.6. The number of likely N-dealkylation sites (tertiary alicyclic amines) is 2. The molecule has 19 nitrogen and oxygen atoms in total. The van der Waals surface area contributed by atoms with Gasteiger partial charge in [0.05, 0.1) is 90.1 Å². The highest BCUT2D eigenvalue weighted by atomic mass is 35.5. The maximum Gasteiger partial charge on any atom is 0.246 e. The third-order valence-corrected chi connectivity index (χ3v) is 14.9. The first-order chi connectivity index (χ1) is 36.1. The summed E-state index contributed by atoms with van der Waals surface area (Å²) < 4.78 is 21.6. The number of rotatable bonds is 24. The molecule has 77 heavy (non-hydrogen) atoms. The molecule has 0 spiro atoms. The second-order valence-electron chi connectivity index (χ2n) is 21.3. The molecule has 22 heteroatoms. The number of carbonyl (C=O) groups is 5. The Balaban J connectivity index is 0.000000357. The Bertz CT molecular complexity index is 2480. The maximum absolute atomic E-state index is 13.8. The molecule has 2 aromatic carbocycles. The molecule has 0 radical (unpaired) electrons. The van der Waals surface area contributed by atoms with Gasteiger partial charge in [0.25, 0.3) is 0 Å². The van der Waals surface area contributed by atoms with E-state index in [2.05, 4.69) is 32.8 Å². The summed E-state index contributed by atoms with van der Waals surface area (Å²) in [5.74, 6) is -1.82. The monoisotopic (exact) mass is 1130 g/mol. The topological polar surface area (TPSA) is 257 Å². The smallest absolute Gasteiger partial charge is 0.246 e. The van der Waals surface area contributed by atoms with Crippen molar-refractivity contribution in [2.75, 3.05) is 65.9 Å². The van der Waals surface area contributed by atoms with Crippen LogP contribution in [0.25, 0.3) is 20.9 Å². The second kappa shape index (κ2) is 31.0. The number of hydrogen-bond donors (Lipinski definition) is 6. The molecule has 0 aliphatic carbocycles. The lowest BCUT2D eigenvalue weighted by atomic mass is 9.85. The number of nitrogens with zero attached hydrogens (tertiary/aromatic N) is 4. The Morgan fingerprint density at radius 3 is 1.43 bits per heavy atom. The van der Waals surface area contributed by atoms with Crippen LogP contribution < -0.4 is 21.7 Å². The summed E-state index contributed by atoms with van der Waals surface area (Å²) in [4.78, 5) is 79.0. The SMILES string of the molecule is CCCOCCOCCOCCOCC(=O)N[C@H](C(=O)N1C[C@H](O)C[C@H]1C(=O)NCc1ccc(-c2scnc2C)cc1)C(C)(C)C.Cc1ncsc1-c1ccc(CNC(=O)[C@@H]2C[C@@H](O)CN2C(=O)[C@@H](N)C(C)(C)C)cc1.Cl. The molecule has 426 valence electrons. The van der Waals surface area contributed by atoms with E-state index in [9.17, 15) is 34.2 Å². The van der Waals surface area contributed by atoms with Crippen LogP contribution in [0.2, 0.25) is 0 Å². The number of β-amino-alcohol motifs (C(OH)–C–C–N with tert-alkyl or cyclic N) is 2. The molecule has 4 aromatic rings. The first-order valence-corrected chi connectivity index (χ1v) is 27.7. The van der Waals surface area contributed by atoms with Gasteiger partial charge in [-0.15, -0.1) is 35.1 Å². The maximum atomic E-state index is 13.8. The van der Waals surface area contributed by atoms with Gasteiger partial charge < -0.3 is 60.6 Å². The van der Waals surface area contributed by atoms with Crippen molar-refractivity contribution in [3.8, 4) is 20.9 Å². The average molecular weight is 1130 g/mol. The molecule has 0 saturated carbocycles. The highest BCUT2D eigenvalue weighted by Crippen LogP contribution is 2.30. The van der Waals surface area contributed by atoms with E-state index in [1.54, 1.807) is 22.7 Å². The minimum Gasteiger partial charge on any atom is -0.391 e. The van der Waals surface area contributed by atoms with Crippen molar-refractivity contribution in [2.24, 2.45) is 16.6 Å². The molecule has 6 atom stereocenters. The quantitative estimate of drug-likeness (QED) is 0.0494. The summed E-state index contributed by atoms with van der Waals surface area (Å²) in [6, 6.07) is 12.6. The lowest BCUT2D eigenvalue weighted by Gasteiger charge is -2.35. The van der Waals surface area contributed by atoms with E-state index < -0.39 is 59.0 Å². The molecule has 2 aliphatic heterocycles. The van der Waals surface area contributed by atoms with Gasteiger partial charge in [0.2, 0.25) is 29.5 Å². The molecular formula is C55H81ClN8O11S2. The molecule has 2 aliphatic rings. The number of ether oxygens (including phenoxy) is 4. The number of aliphatic hydroxyl groups is 2. The fourth-order valence-electron chi connectivity index (χ4n) is 8.47. The van der Waals surface area contributed by atoms with Gasteiger partial charge in [-0.25, -0.2) is 9.97 Å². The minimum absolute atomic E-state index is 0. The van der Waals surface area contributed by atoms with Crippen molar-refractivity contribution >= 4 is 64.6 Å². The zero-order valence-electron chi connectivity index (χ0n) is 46.0. The van der Waals surface area contributed by atoms with Crippen LogP contribution in [0, 0.1) is 24.7 Å². The summed E-state index contributed by atoms with van der Waals surface area (Å²) in [5.41, 5.74) is 14.6. The summed E-state index contributed by atoms with van der Waals surface area (Å²) in [6.45, 7) is 20.8. The third kappa shape index (κ3) is 19.7. The number of amides is 5. The largest absolute Gasteiger partial charge is 0.391 e. The van der Waals surface area contributed by atoms with Crippen molar-refractivity contribution in [1.29, 1.82) is 0 Å². The number of halogens is 1. The van der Waals surface area contributed by atoms with Crippen molar-refractivity contribution < 1.29 is 53.1 Å². The van der Waals surface area contributed by atoms with Crippen molar-refractivity contribution in [2.45, 2.75) is 131 Å². The highest BCUT2D eigenvalue weighted by molar-refractivity contribution is 7.13. The molecule has 2 aromatic heterocycles. The Kier molecular flexibility index (Phi) is 26.0. The van der Waals surface area contributed by atoms with Crippen LogP contribution in [0.1, 0.15) is 90.2 Å². The van der Waals surface area contributed by atoms with E-state index in [-0.39, 0.29) is 75.8 Å². The van der Waals surface area contributed by atoms with Gasteiger partial charge in [0.15, 0.2) is 0 Å². The van der Waals surface area contributed by atoms with Crippen LogP contribution in [0.5, 0.6) is 0 Å². The summed E-state index contributed by atoms with van der Waals surface area (Å²) in [6.07, 6.45) is -0.257. The van der Waals surface area contributed by atoms with E-state index in [1.807, 2.05) is 115 Å². The average Bonchev–Trinajstić information content (AvgIpc) is 4.21. The van der Waals surface area contributed by atoms with Crippen molar-refractivity contribution in [3.63, 3.8) is 0 Å². The number of aliphatic hydroxyl groups excluding tert-OH is 2. The van der Waals surface area contributed by atoms with Crippen LogP contribution in [-0.4, -0.2) is 162 Å². The van der Waals surface area contributed by atoms with E-state index in [4.69, 9.17) is 24.7 Å². The molecule has 0 bridgehead atoms. The van der Waals surface area contributed by atoms with E-state index >= 15 is 0 Å². The second-order valence-corrected chi connectivity index (χ2v) is 23.0. The normalized spacial score (nSPS) is 18.2. The Morgan fingerprint density at radius 1 is 0.649 bits per heavy atom. The number of aromatic nitrogens is 2. The van der Waals surface area contributed by atoms with Gasteiger partial charge in [-0.1, -0.05) is 97.0 Å². The summed E-state index contributed by atoms with van der Waals surface area (Å²) in [5, 5.41) is 29.1. The lowest BCUT2D eigenvalue weighted by molar-refractivity contribution is -0.144. The van der Waals surface area contributed by atoms with Gasteiger partial charge in [-0.05, 0) is 53.4 Å². The zero-order chi connectivity index (χ0) is 55.6. The van der Waals surface area contributed by atoms with Gasteiger partial charge in [-0.3, -0.25) is 24.0 Å². The highest BCUT2D eigenvalue weighted by Gasteiger charge is 2.45. The lowest BCUT2D eigenvalue weighted by Crippen LogP contribution is -2.58. The van der Waals surface area contributed by atoms with Gasteiger partial charge >= 0.3 is 0 Å². The van der Waals surface area contributed by atoms with Crippen molar-refractivity contribution in [1.82, 2.24) is 35.7 Å². The molecule has 4 heterocycles. The number of nitrogens with one attached hydrogen (secondary N) is 3. The van der Waals surface area contributed by atoms with Crippen LogP contribution in [-0.2, 0) is 56.0 Å². The minimum atomic E-state index is -0.929. The molecule has 6 rings (SSSR count). The Morgan fingerprint density at radius 2 is 1.05 bits per heavy atom. The van der Waals surface area contributed by atoms with Crippen LogP contribution in [0.15, 0.2) is 59.6 Å². The van der Waals surface area contributed by atoms with Gasteiger partial charge in [0, 0.05) is 45.6 Å². The third-order valence-electron chi connectivity index (χ3n) is 12.9. The number of carbonyl (C=O) groups excluding carboxylic acids is 5. The van der Waals surface area contributed by atoms with Crippen molar-refractivity contribution in [3.05, 3.63) is 82.1 Å².